The molecule has 1 amide bonds. The minimum atomic E-state index is -3.81. The summed E-state index contributed by atoms with van der Waals surface area (Å²) in [7, 11) is -2.46. The second-order valence-corrected chi connectivity index (χ2v) is 7.39. The van der Waals surface area contributed by atoms with Gasteiger partial charge < -0.3 is 14.8 Å². The minimum absolute atomic E-state index is 0.0214. The Labute approximate surface area is 146 Å². The van der Waals surface area contributed by atoms with Crippen LogP contribution in [0.25, 0.3) is 0 Å². The van der Waals surface area contributed by atoms with Gasteiger partial charge in [-0.2, -0.15) is 0 Å². The van der Waals surface area contributed by atoms with Crippen LogP contribution in [0.2, 0.25) is 0 Å². The van der Waals surface area contributed by atoms with Crippen molar-refractivity contribution in [3.63, 3.8) is 0 Å². The molecule has 1 aromatic carbocycles. The summed E-state index contributed by atoms with van der Waals surface area (Å²) >= 11 is 0. The molecule has 0 spiro atoms. The number of esters is 1. The number of carbonyl (C=O) groups is 2. The van der Waals surface area contributed by atoms with E-state index in [-0.39, 0.29) is 22.3 Å². The number of hydrogen-bond acceptors (Lipinski definition) is 6. The average Bonchev–Trinajstić information content (AvgIpc) is 3.37. The molecule has 0 saturated heterocycles. The molecular formula is C16H22N2O6S. The van der Waals surface area contributed by atoms with E-state index in [1.807, 2.05) is 0 Å². The predicted octanol–water partition coefficient (Wildman–Crippen LogP) is 0.817. The van der Waals surface area contributed by atoms with Crippen LogP contribution in [-0.4, -0.2) is 46.1 Å². The van der Waals surface area contributed by atoms with Crippen LogP contribution in [-0.2, 0) is 19.6 Å². The zero-order valence-electron chi connectivity index (χ0n) is 14.4. The number of rotatable bonds is 8. The maximum Gasteiger partial charge on any atom is 0.338 e. The van der Waals surface area contributed by atoms with Gasteiger partial charge in [0.25, 0.3) is 5.91 Å². The SMILES string of the molecule is CCNC(=O)[C@H](C)OC(=O)c1ccc(OC)c(S(=O)(=O)NC2CC2)c1. The molecule has 0 unspecified atom stereocenters. The molecule has 1 aromatic rings. The summed E-state index contributed by atoms with van der Waals surface area (Å²) in [4.78, 5) is 23.7. The number of nitrogens with one attached hydrogen (secondary N) is 2. The molecule has 25 heavy (non-hydrogen) atoms. The lowest BCUT2D eigenvalue weighted by Gasteiger charge is -2.14. The Morgan fingerprint density at radius 1 is 1.32 bits per heavy atom. The van der Waals surface area contributed by atoms with Crippen molar-refractivity contribution in [3.8, 4) is 5.75 Å². The van der Waals surface area contributed by atoms with E-state index in [9.17, 15) is 18.0 Å². The average molecular weight is 370 g/mol. The molecule has 8 nitrogen and oxygen atoms in total. The van der Waals surface area contributed by atoms with E-state index in [1.54, 1.807) is 6.92 Å². The number of ether oxygens (including phenoxy) is 2. The highest BCUT2D eigenvalue weighted by molar-refractivity contribution is 7.89. The molecule has 1 aliphatic rings. The second kappa shape index (κ2) is 7.83. The van der Waals surface area contributed by atoms with Crippen LogP contribution in [0, 0.1) is 0 Å². The molecule has 0 aliphatic heterocycles. The van der Waals surface area contributed by atoms with E-state index >= 15 is 0 Å². The zero-order chi connectivity index (χ0) is 18.6. The van der Waals surface area contributed by atoms with Gasteiger partial charge in [0.2, 0.25) is 10.0 Å². The first-order valence-corrected chi connectivity index (χ1v) is 9.46. The first-order valence-electron chi connectivity index (χ1n) is 7.97. The van der Waals surface area contributed by atoms with Crippen LogP contribution in [0.5, 0.6) is 5.75 Å². The van der Waals surface area contributed by atoms with Crippen LogP contribution in [0.3, 0.4) is 0 Å². The third kappa shape index (κ3) is 4.93. The van der Waals surface area contributed by atoms with Crippen molar-refractivity contribution < 1.29 is 27.5 Å². The van der Waals surface area contributed by atoms with E-state index in [1.165, 1.54) is 32.2 Å². The fourth-order valence-corrected chi connectivity index (χ4v) is 3.60. The molecular weight excluding hydrogens is 348 g/mol. The summed E-state index contributed by atoms with van der Waals surface area (Å²) < 4.78 is 37.6. The highest BCUT2D eigenvalue weighted by Gasteiger charge is 2.30. The minimum Gasteiger partial charge on any atom is -0.495 e. The maximum absolute atomic E-state index is 12.4. The third-order valence-corrected chi connectivity index (χ3v) is 5.13. The van der Waals surface area contributed by atoms with E-state index in [4.69, 9.17) is 9.47 Å². The Morgan fingerprint density at radius 2 is 2.00 bits per heavy atom. The Balaban J connectivity index is 2.22. The monoisotopic (exact) mass is 370 g/mol. The molecule has 1 atom stereocenters. The number of methoxy groups -OCH3 is 1. The topological polar surface area (TPSA) is 111 Å². The zero-order valence-corrected chi connectivity index (χ0v) is 15.2. The van der Waals surface area contributed by atoms with Crippen LogP contribution in [0.1, 0.15) is 37.0 Å². The van der Waals surface area contributed by atoms with Crippen LogP contribution < -0.4 is 14.8 Å². The lowest BCUT2D eigenvalue weighted by atomic mass is 10.2. The largest absolute Gasteiger partial charge is 0.495 e. The Bertz CT molecular complexity index is 758. The van der Waals surface area contributed by atoms with Gasteiger partial charge in [-0.05, 0) is 44.9 Å². The first kappa shape index (κ1) is 19.2. The molecule has 9 heteroatoms. The fraction of sp³-hybridized carbons (Fsp3) is 0.500. The van der Waals surface area contributed by atoms with Gasteiger partial charge in [0.05, 0.1) is 12.7 Å². The van der Waals surface area contributed by atoms with Crippen molar-refractivity contribution in [2.75, 3.05) is 13.7 Å². The number of sulfonamides is 1. The molecule has 1 fully saturated rings. The summed E-state index contributed by atoms with van der Waals surface area (Å²) in [5.74, 6) is -1.08. The van der Waals surface area contributed by atoms with Gasteiger partial charge in [-0.1, -0.05) is 0 Å². The summed E-state index contributed by atoms with van der Waals surface area (Å²) in [5, 5.41) is 2.54. The highest BCUT2D eigenvalue weighted by Crippen LogP contribution is 2.28. The molecule has 0 radical (unpaired) electrons. The number of carbonyl (C=O) groups excluding carboxylic acids is 2. The maximum atomic E-state index is 12.4. The first-order chi connectivity index (χ1) is 11.8. The van der Waals surface area contributed by atoms with E-state index in [0.717, 1.165) is 12.8 Å². The molecule has 1 saturated carbocycles. The number of benzene rings is 1. The van der Waals surface area contributed by atoms with Crippen molar-refractivity contribution in [2.45, 2.75) is 43.7 Å². The van der Waals surface area contributed by atoms with Crippen molar-refractivity contribution in [1.29, 1.82) is 0 Å². The quantitative estimate of drug-likeness (QED) is 0.656. The lowest BCUT2D eigenvalue weighted by Crippen LogP contribution is -2.35. The van der Waals surface area contributed by atoms with Crippen molar-refractivity contribution in [3.05, 3.63) is 23.8 Å². The summed E-state index contributed by atoms with van der Waals surface area (Å²) in [6.45, 7) is 3.61. The van der Waals surface area contributed by atoms with Crippen LogP contribution >= 0.6 is 0 Å². The molecule has 0 bridgehead atoms. The van der Waals surface area contributed by atoms with Gasteiger partial charge in [0.15, 0.2) is 6.10 Å². The van der Waals surface area contributed by atoms with Crippen molar-refractivity contribution in [1.82, 2.24) is 10.0 Å². The van der Waals surface area contributed by atoms with Gasteiger partial charge in [-0.15, -0.1) is 0 Å². The number of hydrogen-bond donors (Lipinski definition) is 2. The van der Waals surface area contributed by atoms with E-state index in [0.29, 0.717) is 6.54 Å². The molecule has 2 N–H and O–H groups in total. The Kier molecular flexibility index (Phi) is 6.02. The summed E-state index contributed by atoms with van der Waals surface area (Å²) in [6, 6.07) is 3.88. The summed E-state index contributed by atoms with van der Waals surface area (Å²) in [5.41, 5.74) is 0.0214. The number of likely N-dealkylation sites (N-methyl/N-ethyl adjacent to an activating group) is 1. The van der Waals surface area contributed by atoms with Gasteiger partial charge in [-0.3, -0.25) is 4.79 Å². The standard InChI is InChI=1S/C16H22N2O6S/c1-4-17-15(19)10(2)24-16(20)11-5-8-13(23-3)14(9-11)25(21,22)18-12-6-7-12/h5,8-10,12,18H,4,6-7H2,1-3H3,(H,17,19)/t10-/m0/s1. The molecule has 2 rings (SSSR count). The van der Waals surface area contributed by atoms with E-state index < -0.39 is 28.0 Å². The van der Waals surface area contributed by atoms with Crippen LogP contribution in [0.4, 0.5) is 0 Å². The van der Waals surface area contributed by atoms with Gasteiger partial charge in [0, 0.05) is 12.6 Å². The Hall–Kier alpha value is -2.13. The van der Waals surface area contributed by atoms with Gasteiger partial charge in [0.1, 0.15) is 10.6 Å². The van der Waals surface area contributed by atoms with Crippen molar-refractivity contribution >= 4 is 21.9 Å². The highest BCUT2D eigenvalue weighted by atomic mass is 32.2. The summed E-state index contributed by atoms with van der Waals surface area (Å²) in [6.07, 6.45) is 0.583. The van der Waals surface area contributed by atoms with Crippen molar-refractivity contribution in [2.24, 2.45) is 0 Å². The van der Waals surface area contributed by atoms with Crippen LogP contribution in [0.15, 0.2) is 23.1 Å². The lowest BCUT2D eigenvalue weighted by molar-refractivity contribution is -0.128. The smallest absolute Gasteiger partial charge is 0.338 e. The number of amides is 1. The van der Waals surface area contributed by atoms with Gasteiger partial charge >= 0.3 is 5.97 Å². The van der Waals surface area contributed by atoms with E-state index in [2.05, 4.69) is 10.0 Å². The second-order valence-electron chi connectivity index (χ2n) is 5.70. The molecule has 1 aliphatic carbocycles. The molecule has 0 heterocycles. The molecule has 0 aromatic heterocycles. The fourth-order valence-electron chi connectivity index (χ4n) is 2.10. The Morgan fingerprint density at radius 3 is 2.56 bits per heavy atom. The third-order valence-electron chi connectivity index (χ3n) is 3.59. The predicted molar refractivity (Wildman–Crippen MR) is 89.9 cm³/mol. The van der Waals surface area contributed by atoms with Gasteiger partial charge in [-0.25, -0.2) is 17.9 Å². The normalized spacial score (nSPS) is 15.3. The molecule has 138 valence electrons.